The number of hydrogen-bond acceptors (Lipinski definition) is 3. The lowest BCUT2D eigenvalue weighted by atomic mass is 10.0. The highest BCUT2D eigenvalue weighted by atomic mass is 16.2. The van der Waals surface area contributed by atoms with Gasteiger partial charge in [0.25, 0.3) is 5.91 Å². The lowest BCUT2D eigenvalue weighted by Crippen LogP contribution is -2.55. The van der Waals surface area contributed by atoms with Crippen molar-refractivity contribution >= 4 is 11.8 Å². The number of nitrogens with one attached hydrogen (secondary N) is 1. The van der Waals surface area contributed by atoms with Crippen molar-refractivity contribution < 1.29 is 9.59 Å². The summed E-state index contributed by atoms with van der Waals surface area (Å²) in [5, 5.41) is 2.75. The number of piperazine rings is 1. The van der Waals surface area contributed by atoms with Crippen molar-refractivity contribution in [2.24, 2.45) is 5.73 Å². The van der Waals surface area contributed by atoms with Crippen molar-refractivity contribution in [2.75, 3.05) is 19.6 Å². The van der Waals surface area contributed by atoms with Gasteiger partial charge in [0.1, 0.15) is 6.04 Å². The molecule has 0 aromatic heterocycles. The molecule has 3 N–H and O–H groups in total. The van der Waals surface area contributed by atoms with E-state index in [0.717, 1.165) is 11.1 Å². The van der Waals surface area contributed by atoms with E-state index in [-0.39, 0.29) is 18.4 Å². The zero-order valence-corrected chi connectivity index (χ0v) is 12.3. The number of hydrogen-bond donors (Lipinski definition) is 2. The van der Waals surface area contributed by atoms with E-state index in [1.165, 1.54) is 0 Å². The van der Waals surface area contributed by atoms with E-state index < -0.39 is 6.04 Å². The number of carbonyl (C=O) groups is 2. The number of nitrogens with zero attached hydrogens (tertiary/aromatic N) is 1. The molecule has 0 radical (unpaired) electrons. The second-order valence-corrected chi connectivity index (χ2v) is 5.00. The fourth-order valence-electron chi connectivity index (χ4n) is 2.30. The first kappa shape index (κ1) is 15.1. The molecule has 21 heavy (non-hydrogen) atoms. The molecule has 0 spiro atoms. The maximum atomic E-state index is 12.7. The number of amides is 2. The van der Waals surface area contributed by atoms with Crippen LogP contribution in [0.3, 0.4) is 0 Å². The molecule has 1 saturated heterocycles. The van der Waals surface area contributed by atoms with Crippen molar-refractivity contribution in [1.82, 2.24) is 10.2 Å². The lowest BCUT2D eigenvalue weighted by molar-refractivity contribution is -0.127. The van der Waals surface area contributed by atoms with Gasteiger partial charge in [-0.05, 0) is 31.5 Å². The number of benzene rings is 1. The molecular formula is C16H19N3O2. The first-order chi connectivity index (χ1) is 10.0. The second kappa shape index (κ2) is 6.42. The van der Waals surface area contributed by atoms with Crippen LogP contribution in [0, 0.1) is 18.8 Å². The molecule has 1 fully saturated rings. The second-order valence-electron chi connectivity index (χ2n) is 5.00. The molecule has 1 aromatic rings. The summed E-state index contributed by atoms with van der Waals surface area (Å²) < 4.78 is 0. The fraction of sp³-hybridized carbons (Fsp3) is 0.375. The molecule has 2 amide bonds. The highest BCUT2D eigenvalue weighted by Gasteiger charge is 2.30. The van der Waals surface area contributed by atoms with E-state index in [9.17, 15) is 9.59 Å². The summed E-state index contributed by atoms with van der Waals surface area (Å²) in [6, 6.07) is 5.03. The van der Waals surface area contributed by atoms with Crippen molar-refractivity contribution in [3.8, 4) is 11.8 Å². The minimum atomic E-state index is -0.454. The highest BCUT2D eigenvalue weighted by molar-refractivity contribution is 5.99. The Morgan fingerprint density at radius 3 is 3.00 bits per heavy atom. The van der Waals surface area contributed by atoms with Gasteiger partial charge in [-0.1, -0.05) is 17.9 Å². The van der Waals surface area contributed by atoms with Crippen molar-refractivity contribution in [1.29, 1.82) is 0 Å². The maximum absolute atomic E-state index is 12.7. The van der Waals surface area contributed by atoms with E-state index in [4.69, 9.17) is 5.73 Å². The van der Waals surface area contributed by atoms with Crippen LogP contribution in [-0.2, 0) is 4.79 Å². The van der Waals surface area contributed by atoms with Crippen LogP contribution in [0.1, 0.15) is 28.4 Å². The Hall–Kier alpha value is -2.32. The zero-order valence-electron chi connectivity index (χ0n) is 12.3. The average molecular weight is 285 g/mol. The molecule has 1 aromatic carbocycles. The number of rotatable bonds is 1. The van der Waals surface area contributed by atoms with Gasteiger partial charge in [0.15, 0.2) is 0 Å². The van der Waals surface area contributed by atoms with Gasteiger partial charge in [0, 0.05) is 24.2 Å². The molecular weight excluding hydrogens is 266 g/mol. The van der Waals surface area contributed by atoms with Crippen LogP contribution in [0.2, 0.25) is 0 Å². The quantitative estimate of drug-likeness (QED) is 0.727. The van der Waals surface area contributed by atoms with Crippen molar-refractivity contribution in [2.45, 2.75) is 19.9 Å². The van der Waals surface area contributed by atoms with Gasteiger partial charge in [-0.3, -0.25) is 9.59 Å². The predicted molar refractivity (Wildman–Crippen MR) is 80.6 cm³/mol. The lowest BCUT2D eigenvalue weighted by Gasteiger charge is -2.33. The molecule has 0 bridgehead atoms. The van der Waals surface area contributed by atoms with Gasteiger partial charge in [0.05, 0.1) is 6.54 Å². The molecule has 0 saturated carbocycles. The van der Waals surface area contributed by atoms with Crippen LogP contribution >= 0.6 is 0 Å². The van der Waals surface area contributed by atoms with Crippen LogP contribution in [0.5, 0.6) is 0 Å². The minimum Gasteiger partial charge on any atom is -0.353 e. The largest absolute Gasteiger partial charge is 0.353 e. The fourth-order valence-corrected chi connectivity index (χ4v) is 2.30. The third-order valence-electron chi connectivity index (χ3n) is 3.56. The monoisotopic (exact) mass is 285 g/mol. The summed E-state index contributed by atoms with van der Waals surface area (Å²) in [5.74, 6) is 5.45. The van der Waals surface area contributed by atoms with Gasteiger partial charge < -0.3 is 16.0 Å². The van der Waals surface area contributed by atoms with Gasteiger partial charge in [-0.15, -0.1) is 0 Å². The predicted octanol–water partition coefficient (Wildman–Crippen LogP) is 0.266. The summed E-state index contributed by atoms with van der Waals surface area (Å²) >= 11 is 0. The topological polar surface area (TPSA) is 75.4 Å². The standard InChI is InChI=1S/C16H19N3O2/c1-11-5-6-13(4-3-7-17)10-14(11)16(21)19-9-8-18-15(20)12(19)2/h5-6,10,12H,7-9,17H2,1-2H3,(H,18,20). The smallest absolute Gasteiger partial charge is 0.254 e. The Balaban J connectivity index is 2.31. The van der Waals surface area contributed by atoms with Crippen LogP contribution in [0.15, 0.2) is 18.2 Å². The third kappa shape index (κ3) is 3.23. The van der Waals surface area contributed by atoms with Crippen LogP contribution in [0.25, 0.3) is 0 Å². The molecule has 1 atom stereocenters. The molecule has 1 aliphatic heterocycles. The van der Waals surface area contributed by atoms with Gasteiger partial charge in [-0.25, -0.2) is 0 Å². The molecule has 5 nitrogen and oxygen atoms in total. The van der Waals surface area contributed by atoms with E-state index in [1.54, 1.807) is 17.9 Å². The molecule has 1 heterocycles. The Morgan fingerprint density at radius 2 is 2.29 bits per heavy atom. The number of carbonyl (C=O) groups excluding carboxylic acids is 2. The summed E-state index contributed by atoms with van der Waals surface area (Å²) in [7, 11) is 0. The Morgan fingerprint density at radius 1 is 1.52 bits per heavy atom. The Kier molecular flexibility index (Phi) is 4.61. The molecule has 1 unspecified atom stereocenters. The van der Waals surface area contributed by atoms with Crippen molar-refractivity contribution in [3.63, 3.8) is 0 Å². The molecule has 5 heteroatoms. The van der Waals surface area contributed by atoms with Gasteiger partial charge in [-0.2, -0.15) is 0 Å². The van der Waals surface area contributed by atoms with Crippen LogP contribution < -0.4 is 11.1 Å². The van der Waals surface area contributed by atoms with Crippen LogP contribution in [0.4, 0.5) is 0 Å². The molecule has 1 aliphatic rings. The zero-order chi connectivity index (χ0) is 15.4. The van der Waals surface area contributed by atoms with Crippen LogP contribution in [-0.4, -0.2) is 42.4 Å². The van der Waals surface area contributed by atoms with E-state index in [2.05, 4.69) is 17.2 Å². The SMILES string of the molecule is Cc1ccc(C#CCN)cc1C(=O)N1CCNC(=O)C1C. The molecule has 2 rings (SSSR count). The summed E-state index contributed by atoms with van der Waals surface area (Å²) in [6.45, 7) is 4.90. The third-order valence-corrected chi connectivity index (χ3v) is 3.56. The van der Waals surface area contributed by atoms with Gasteiger partial charge >= 0.3 is 0 Å². The number of aryl methyl sites for hydroxylation is 1. The highest BCUT2D eigenvalue weighted by Crippen LogP contribution is 2.16. The number of nitrogens with two attached hydrogens (primary N) is 1. The molecule has 110 valence electrons. The maximum Gasteiger partial charge on any atom is 0.254 e. The first-order valence-electron chi connectivity index (χ1n) is 6.93. The normalized spacial score (nSPS) is 17.8. The first-order valence-corrected chi connectivity index (χ1v) is 6.93. The summed E-state index contributed by atoms with van der Waals surface area (Å²) in [6.07, 6.45) is 0. The van der Waals surface area contributed by atoms with Crippen molar-refractivity contribution in [3.05, 3.63) is 34.9 Å². The van der Waals surface area contributed by atoms with E-state index >= 15 is 0 Å². The van der Waals surface area contributed by atoms with Gasteiger partial charge in [0.2, 0.25) is 5.91 Å². The summed E-state index contributed by atoms with van der Waals surface area (Å²) in [4.78, 5) is 26.0. The van der Waals surface area contributed by atoms with E-state index in [0.29, 0.717) is 18.7 Å². The Labute approximate surface area is 124 Å². The van der Waals surface area contributed by atoms with E-state index in [1.807, 2.05) is 19.1 Å². The summed E-state index contributed by atoms with van der Waals surface area (Å²) in [5.41, 5.74) is 7.57. The average Bonchev–Trinajstić information content (AvgIpc) is 2.48. The molecule has 0 aliphatic carbocycles. The Bertz CT molecular complexity index is 628. The minimum absolute atomic E-state index is 0.119.